The van der Waals surface area contributed by atoms with Gasteiger partial charge in [0.25, 0.3) is 0 Å². The van der Waals surface area contributed by atoms with Crippen molar-refractivity contribution in [2.45, 2.75) is 25.7 Å². The summed E-state index contributed by atoms with van der Waals surface area (Å²) in [6, 6.07) is 5.66. The summed E-state index contributed by atoms with van der Waals surface area (Å²) in [5, 5.41) is 0. The number of hydrogen-bond acceptors (Lipinski definition) is 3. The quantitative estimate of drug-likeness (QED) is 0.571. The van der Waals surface area contributed by atoms with Gasteiger partial charge in [0.05, 0.1) is 11.1 Å². The van der Waals surface area contributed by atoms with Crippen LogP contribution in [0.15, 0.2) is 22.7 Å². The second-order valence-electron chi connectivity index (χ2n) is 5.99. The number of carbonyl (C=O) groups is 1. The maximum absolute atomic E-state index is 12.6. The largest absolute Gasteiger partial charge is 0.490 e. The van der Waals surface area contributed by atoms with Crippen molar-refractivity contribution in [3.63, 3.8) is 0 Å². The Labute approximate surface area is 134 Å². The minimum absolute atomic E-state index is 0.277. The Hall–Kier alpha value is -0.870. The molecule has 0 saturated heterocycles. The van der Waals surface area contributed by atoms with Crippen LogP contribution >= 0.6 is 15.9 Å². The predicted octanol–water partition coefficient (Wildman–Crippen LogP) is 4.09. The lowest BCUT2D eigenvalue weighted by Gasteiger charge is -2.09. The lowest BCUT2D eigenvalue weighted by atomic mass is 10.0. The molecule has 0 heterocycles. The predicted molar refractivity (Wildman–Crippen MR) is 84.8 cm³/mol. The summed E-state index contributed by atoms with van der Waals surface area (Å²) in [5.41, 5.74) is 0.806. The number of benzene rings is 1. The first kappa shape index (κ1) is 15.0. The Morgan fingerprint density at radius 1 is 1.24 bits per heavy atom. The van der Waals surface area contributed by atoms with E-state index in [4.69, 9.17) is 9.47 Å². The molecular formula is C17H21BrO3. The number of rotatable bonds is 6. The van der Waals surface area contributed by atoms with Crippen LogP contribution in [-0.2, 0) is 4.74 Å². The van der Waals surface area contributed by atoms with Gasteiger partial charge in [0.15, 0.2) is 5.78 Å². The second kappa shape index (κ2) is 6.49. The lowest BCUT2D eigenvalue weighted by Crippen LogP contribution is -2.07. The summed E-state index contributed by atoms with van der Waals surface area (Å²) in [6.45, 7) is 1.06. The number of hydrogen-bond donors (Lipinski definition) is 0. The van der Waals surface area contributed by atoms with Crippen molar-refractivity contribution in [1.29, 1.82) is 0 Å². The highest BCUT2D eigenvalue weighted by Crippen LogP contribution is 2.56. The van der Waals surface area contributed by atoms with Crippen LogP contribution in [0.2, 0.25) is 0 Å². The molecule has 0 radical (unpaired) electrons. The first-order valence-electron chi connectivity index (χ1n) is 7.68. The van der Waals surface area contributed by atoms with Gasteiger partial charge in [-0.25, -0.2) is 0 Å². The maximum Gasteiger partial charge on any atom is 0.166 e. The Kier molecular flexibility index (Phi) is 4.65. The van der Waals surface area contributed by atoms with Crippen molar-refractivity contribution in [3.8, 4) is 5.75 Å². The smallest absolute Gasteiger partial charge is 0.166 e. The van der Waals surface area contributed by atoms with E-state index in [9.17, 15) is 4.79 Å². The van der Waals surface area contributed by atoms with Crippen LogP contribution in [0.3, 0.4) is 0 Å². The normalized spacial score (nSPS) is 27.0. The summed E-state index contributed by atoms with van der Waals surface area (Å²) < 4.78 is 11.4. The molecule has 3 nitrogen and oxygen atoms in total. The molecule has 2 unspecified atom stereocenters. The topological polar surface area (TPSA) is 35.5 Å². The van der Waals surface area contributed by atoms with E-state index in [1.807, 2.05) is 18.2 Å². The Morgan fingerprint density at radius 2 is 1.95 bits per heavy atom. The van der Waals surface area contributed by atoms with Crippen LogP contribution in [0.5, 0.6) is 5.75 Å². The van der Waals surface area contributed by atoms with Gasteiger partial charge in [0.2, 0.25) is 0 Å². The van der Waals surface area contributed by atoms with E-state index < -0.39 is 0 Å². The number of ether oxygens (including phenoxy) is 2. The van der Waals surface area contributed by atoms with Crippen LogP contribution in [0.4, 0.5) is 0 Å². The molecule has 2 aliphatic carbocycles. The fraction of sp³-hybridized carbons (Fsp3) is 0.588. The van der Waals surface area contributed by atoms with Crippen molar-refractivity contribution in [2.24, 2.45) is 17.8 Å². The van der Waals surface area contributed by atoms with Gasteiger partial charge < -0.3 is 9.47 Å². The first-order valence-corrected chi connectivity index (χ1v) is 8.47. The molecule has 0 spiro atoms. The fourth-order valence-corrected chi connectivity index (χ4v) is 4.07. The average molecular weight is 353 g/mol. The van der Waals surface area contributed by atoms with Crippen molar-refractivity contribution in [1.82, 2.24) is 0 Å². The zero-order chi connectivity index (χ0) is 14.8. The number of methoxy groups -OCH3 is 1. The summed E-state index contributed by atoms with van der Waals surface area (Å²) in [6.07, 6.45) is 5.06. The molecule has 4 heteroatoms. The van der Waals surface area contributed by atoms with E-state index in [0.717, 1.165) is 15.8 Å². The molecule has 2 atom stereocenters. The van der Waals surface area contributed by atoms with Crippen LogP contribution in [0, 0.1) is 17.8 Å². The van der Waals surface area contributed by atoms with Crippen LogP contribution in [0.25, 0.3) is 0 Å². The molecule has 0 aliphatic heterocycles. The highest BCUT2D eigenvalue weighted by molar-refractivity contribution is 9.10. The molecular weight excluding hydrogens is 332 g/mol. The molecule has 3 rings (SSSR count). The Bertz CT molecular complexity index is 517. The molecule has 2 fully saturated rings. The van der Waals surface area contributed by atoms with Gasteiger partial charge >= 0.3 is 0 Å². The van der Waals surface area contributed by atoms with Crippen molar-refractivity contribution in [3.05, 3.63) is 28.2 Å². The highest BCUT2D eigenvalue weighted by atomic mass is 79.9. The molecule has 2 saturated carbocycles. The van der Waals surface area contributed by atoms with Gasteiger partial charge in [-0.05, 0) is 58.8 Å². The SMILES string of the molecule is COCCOc1ccc(C(=O)C2C3CCCCC32)cc1Br. The first-order chi connectivity index (χ1) is 10.2. The number of Topliss-reactive ketones (excluding diaryl/α,β-unsaturated/α-hetero) is 1. The van der Waals surface area contributed by atoms with Gasteiger partial charge in [0, 0.05) is 18.6 Å². The molecule has 0 bridgehead atoms. The molecule has 0 amide bonds. The van der Waals surface area contributed by atoms with Crippen LogP contribution < -0.4 is 4.74 Å². The second-order valence-corrected chi connectivity index (χ2v) is 6.84. The summed E-state index contributed by atoms with van der Waals surface area (Å²) in [7, 11) is 1.65. The molecule has 21 heavy (non-hydrogen) atoms. The Morgan fingerprint density at radius 3 is 2.57 bits per heavy atom. The Balaban J connectivity index is 1.66. The number of halogens is 1. The molecule has 1 aromatic rings. The van der Waals surface area contributed by atoms with Crippen LogP contribution in [0.1, 0.15) is 36.0 Å². The van der Waals surface area contributed by atoms with Gasteiger partial charge in [0.1, 0.15) is 12.4 Å². The van der Waals surface area contributed by atoms with Crippen LogP contribution in [-0.4, -0.2) is 26.1 Å². The summed E-state index contributed by atoms with van der Waals surface area (Å²) in [5.74, 6) is 2.66. The molecule has 0 aromatic heterocycles. The van der Waals surface area contributed by atoms with E-state index in [1.165, 1.54) is 25.7 Å². The minimum atomic E-state index is 0.277. The molecule has 114 valence electrons. The van der Waals surface area contributed by atoms with Gasteiger partial charge in [-0.1, -0.05) is 12.8 Å². The van der Waals surface area contributed by atoms with Crippen molar-refractivity contribution < 1.29 is 14.3 Å². The number of carbonyl (C=O) groups excluding carboxylic acids is 1. The fourth-order valence-electron chi connectivity index (χ4n) is 3.58. The standard InChI is InChI=1S/C17H21BrO3/c1-20-8-9-21-15-7-6-11(10-14(15)18)17(19)16-12-4-2-3-5-13(12)16/h6-7,10,12-13,16H,2-5,8-9H2,1H3. The maximum atomic E-state index is 12.6. The summed E-state index contributed by atoms with van der Waals surface area (Å²) >= 11 is 3.50. The monoisotopic (exact) mass is 352 g/mol. The van der Waals surface area contributed by atoms with E-state index in [-0.39, 0.29) is 5.92 Å². The van der Waals surface area contributed by atoms with E-state index in [1.54, 1.807) is 7.11 Å². The number of ketones is 1. The number of fused-ring (bicyclic) bond motifs is 1. The third kappa shape index (κ3) is 3.16. The molecule has 1 aromatic carbocycles. The molecule has 2 aliphatic rings. The third-order valence-electron chi connectivity index (χ3n) is 4.72. The highest BCUT2D eigenvalue weighted by Gasteiger charge is 2.54. The third-order valence-corrected chi connectivity index (χ3v) is 5.34. The van der Waals surface area contributed by atoms with Crippen molar-refractivity contribution >= 4 is 21.7 Å². The van der Waals surface area contributed by atoms with Crippen molar-refractivity contribution in [2.75, 3.05) is 20.3 Å². The molecule has 0 N–H and O–H groups in total. The average Bonchev–Trinajstić information content (AvgIpc) is 3.22. The van der Waals surface area contributed by atoms with E-state index >= 15 is 0 Å². The van der Waals surface area contributed by atoms with E-state index in [0.29, 0.717) is 30.8 Å². The van der Waals surface area contributed by atoms with Gasteiger partial charge in [-0.15, -0.1) is 0 Å². The minimum Gasteiger partial charge on any atom is -0.490 e. The van der Waals surface area contributed by atoms with Gasteiger partial charge in [-0.3, -0.25) is 4.79 Å². The lowest BCUT2D eigenvalue weighted by molar-refractivity contribution is 0.0956. The van der Waals surface area contributed by atoms with Gasteiger partial charge in [-0.2, -0.15) is 0 Å². The zero-order valence-electron chi connectivity index (χ0n) is 12.3. The zero-order valence-corrected chi connectivity index (χ0v) is 13.9. The summed E-state index contributed by atoms with van der Waals surface area (Å²) in [4.78, 5) is 12.6. The van der Waals surface area contributed by atoms with E-state index in [2.05, 4.69) is 15.9 Å².